The highest BCUT2D eigenvalue weighted by molar-refractivity contribution is 5.90. The second-order valence-corrected chi connectivity index (χ2v) is 5.37. The molecule has 0 aromatic carbocycles. The van der Waals surface area contributed by atoms with Gasteiger partial charge in [-0.05, 0) is 0 Å². The number of amides is 2. The summed E-state index contributed by atoms with van der Waals surface area (Å²) in [6.45, 7) is 1.99. The van der Waals surface area contributed by atoms with E-state index in [1.165, 1.54) is 6.20 Å². The van der Waals surface area contributed by atoms with E-state index in [9.17, 15) is 9.59 Å². The Morgan fingerprint density at radius 3 is 2.95 bits per heavy atom. The molecule has 2 amide bonds. The van der Waals surface area contributed by atoms with E-state index >= 15 is 0 Å². The molecule has 2 saturated heterocycles. The zero-order valence-corrected chi connectivity index (χ0v) is 11.7. The molecule has 8 nitrogen and oxygen atoms in total. The number of primary amides is 1. The quantitative estimate of drug-likeness (QED) is 0.739. The lowest BCUT2D eigenvalue weighted by Gasteiger charge is -2.29. The van der Waals surface area contributed by atoms with Gasteiger partial charge in [0.25, 0.3) is 5.91 Å². The van der Waals surface area contributed by atoms with Crippen molar-refractivity contribution < 1.29 is 14.3 Å². The number of fused-ring (bicyclic) bond motifs is 3. The summed E-state index contributed by atoms with van der Waals surface area (Å²) >= 11 is 0. The van der Waals surface area contributed by atoms with Crippen LogP contribution in [0.1, 0.15) is 10.5 Å². The van der Waals surface area contributed by atoms with Gasteiger partial charge in [-0.15, -0.1) is 0 Å². The Hall–Kier alpha value is -2.22. The number of ether oxygens (including phenoxy) is 1. The highest BCUT2D eigenvalue weighted by atomic mass is 16.5. The molecule has 1 aromatic heterocycles. The zero-order chi connectivity index (χ0) is 15.0. The topological polar surface area (TPSA) is 102 Å². The lowest BCUT2D eigenvalue weighted by atomic mass is 10.1. The third kappa shape index (κ3) is 2.54. The van der Waals surface area contributed by atoms with E-state index < -0.39 is 5.91 Å². The average molecular weight is 291 g/mol. The van der Waals surface area contributed by atoms with Gasteiger partial charge in [0.2, 0.25) is 5.91 Å². The van der Waals surface area contributed by atoms with Crippen molar-refractivity contribution in [2.45, 2.75) is 6.04 Å². The monoisotopic (exact) mass is 291 g/mol. The SMILES string of the molecule is CN1C(=O)[C@H]2COC[C@@H]1CN(c1cncc(C(N)=O)n1)C2. The van der Waals surface area contributed by atoms with Gasteiger partial charge in [0.1, 0.15) is 11.5 Å². The summed E-state index contributed by atoms with van der Waals surface area (Å²) in [7, 11) is 1.80. The van der Waals surface area contributed by atoms with Gasteiger partial charge in [-0.1, -0.05) is 0 Å². The Labute approximate surface area is 121 Å². The van der Waals surface area contributed by atoms with Crippen LogP contribution in [0.2, 0.25) is 0 Å². The molecule has 0 aliphatic carbocycles. The third-order valence-electron chi connectivity index (χ3n) is 3.94. The van der Waals surface area contributed by atoms with Crippen LogP contribution in [0.15, 0.2) is 12.4 Å². The van der Waals surface area contributed by atoms with Crippen molar-refractivity contribution >= 4 is 17.6 Å². The number of nitrogens with zero attached hydrogens (tertiary/aromatic N) is 4. The summed E-state index contributed by atoms with van der Waals surface area (Å²) in [6, 6.07) is -0.0379. The van der Waals surface area contributed by atoms with Crippen molar-refractivity contribution in [3.8, 4) is 0 Å². The Balaban J connectivity index is 1.91. The molecule has 112 valence electrons. The molecule has 0 unspecified atom stereocenters. The maximum absolute atomic E-state index is 12.3. The first-order valence-electron chi connectivity index (χ1n) is 6.77. The van der Waals surface area contributed by atoms with Crippen LogP contribution in [-0.4, -0.2) is 66.1 Å². The second kappa shape index (κ2) is 5.28. The normalized spacial score (nSPS) is 25.7. The molecule has 21 heavy (non-hydrogen) atoms. The Kier molecular flexibility index (Phi) is 3.46. The molecular weight excluding hydrogens is 274 g/mol. The van der Waals surface area contributed by atoms with Gasteiger partial charge in [0.15, 0.2) is 0 Å². The molecule has 2 N–H and O–H groups in total. The molecule has 3 rings (SSSR count). The van der Waals surface area contributed by atoms with E-state index in [1.807, 2.05) is 4.90 Å². The summed E-state index contributed by atoms with van der Waals surface area (Å²) in [6.07, 6.45) is 2.92. The van der Waals surface area contributed by atoms with E-state index in [1.54, 1.807) is 18.1 Å². The highest BCUT2D eigenvalue weighted by Gasteiger charge is 2.37. The van der Waals surface area contributed by atoms with Crippen LogP contribution in [-0.2, 0) is 9.53 Å². The lowest BCUT2D eigenvalue weighted by molar-refractivity contribution is -0.133. The van der Waals surface area contributed by atoms with Crippen LogP contribution in [0.5, 0.6) is 0 Å². The molecule has 2 aliphatic heterocycles. The fourth-order valence-electron chi connectivity index (χ4n) is 2.71. The van der Waals surface area contributed by atoms with Crippen molar-refractivity contribution in [1.82, 2.24) is 14.9 Å². The number of carbonyl (C=O) groups is 2. The van der Waals surface area contributed by atoms with E-state index in [0.29, 0.717) is 32.1 Å². The molecule has 2 aliphatic rings. The van der Waals surface area contributed by atoms with Crippen LogP contribution >= 0.6 is 0 Å². The maximum atomic E-state index is 12.3. The van der Waals surface area contributed by atoms with Crippen LogP contribution in [0.3, 0.4) is 0 Å². The van der Waals surface area contributed by atoms with Crippen molar-refractivity contribution in [3.63, 3.8) is 0 Å². The largest absolute Gasteiger partial charge is 0.378 e. The van der Waals surface area contributed by atoms with E-state index in [4.69, 9.17) is 10.5 Å². The van der Waals surface area contributed by atoms with Gasteiger partial charge in [0, 0.05) is 20.1 Å². The van der Waals surface area contributed by atoms with Crippen molar-refractivity contribution in [2.24, 2.45) is 11.7 Å². The first kappa shape index (κ1) is 13.7. The molecule has 2 bridgehead atoms. The third-order valence-corrected chi connectivity index (χ3v) is 3.94. The fraction of sp³-hybridized carbons (Fsp3) is 0.538. The Morgan fingerprint density at radius 1 is 1.38 bits per heavy atom. The number of anilines is 1. The highest BCUT2D eigenvalue weighted by Crippen LogP contribution is 2.23. The standard InChI is InChI=1S/C13H17N5O3/c1-17-9-5-18(4-8(13(17)20)6-21-7-9)11-3-15-2-10(16-11)12(14)19/h2-3,8-9H,4-7H2,1H3,(H2,14,19)/t8-,9+/m1/s1. The summed E-state index contributed by atoms with van der Waals surface area (Å²) in [5.74, 6) is -0.206. The predicted molar refractivity (Wildman–Crippen MR) is 73.6 cm³/mol. The number of hydrogen-bond donors (Lipinski definition) is 1. The maximum Gasteiger partial charge on any atom is 0.268 e. The minimum atomic E-state index is -0.615. The first-order chi connectivity index (χ1) is 10.1. The van der Waals surface area contributed by atoms with Gasteiger partial charge in [-0.2, -0.15) is 0 Å². The molecule has 2 fully saturated rings. The lowest BCUT2D eigenvalue weighted by Crippen LogP contribution is -2.43. The summed E-state index contributed by atoms with van der Waals surface area (Å²) in [5.41, 5.74) is 5.36. The van der Waals surface area contributed by atoms with Crippen LogP contribution in [0.4, 0.5) is 5.82 Å². The molecule has 1 aromatic rings. The summed E-state index contributed by atoms with van der Waals surface area (Å²) < 4.78 is 5.55. The van der Waals surface area contributed by atoms with Gasteiger partial charge in [0.05, 0.1) is 37.6 Å². The van der Waals surface area contributed by atoms with Gasteiger partial charge >= 0.3 is 0 Å². The van der Waals surface area contributed by atoms with E-state index in [0.717, 1.165) is 0 Å². The summed E-state index contributed by atoms with van der Waals surface area (Å²) in [4.78, 5) is 35.5. The number of likely N-dealkylation sites (N-methyl/N-ethyl adjacent to an activating group) is 1. The van der Waals surface area contributed by atoms with Crippen LogP contribution < -0.4 is 10.6 Å². The van der Waals surface area contributed by atoms with Crippen LogP contribution in [0.25, 0.3) is 0 Å². The number of hydrogen-bond acceptors (Lipinski definition) is 6. The van der Waals surface area contributed by atoms with Crippen LogP contribution in [0, 0.1) is 5.92 Å². The van der Waals surface area contributed by atoms with Crippen molar-refractivity contribution in [1.29, 1.82) is 0 Å². The first-order valence-corrected chi connectivity index (χ1v) is 6.77. The second-order valence-electron chi connectivity index (χ2n) is 5.37. The molecule has 2 atom stereocenters. The number of aromatic nitrogens is 2. The molecule has 0 saturated carbocycles. The average Bonchev–Trinajstić information content (AvgIpc) is 2.65. The number of nitrogens with two attached hydrogens (primary N) is 1. The molecular formula is C13H17N5O3. The van der Waals surface area contributed by atoms with Gasteiger partial charge < -0.3 is 20.3 Å². The molecule has 8 heteroatoms. The molecule has 0 radical (unpaired) electrons. The number of carbonyl (C=O) groups excluding carboxylic acids is 2. The minimum Gasteiger partial charge on any atom is -0.378 e. The molecule has 3 heterocycles. The van der Waals surface area contributed by atoms with Crippen molar-refractivity contribution in [2.75, 3.05) is 38.3 Å². The summed E-state index contributed by atoms with van der Waals surface area (Å²) in [5, 5.41) is 0. The van der Waals surface area contributed by atoms with Gasteiger partial charge in [-0.25, -0.2) is 4.98 Å². The number of rotatable bonds is 2. The van der Waals surface area contributed by atoms with E-state index in [2.05, 4.69) is 9.97 Å². The molecule has 0 spiro atoms. The fourth-order valence-corrected chi connectivity index (χ4v) is 2.71. The Bertz CT molecular complexity index is 579. The Morgan fingerprint density at radius 2 is 2.19 bits per heavy atom. The minimum absolute atomic E-state index is 0.0379. The zero-order valence-electron chi connectivity index (χ0n) is 11.7. The smallest absolute Gasteiger partial charge is 0.268 e. The predicted octanol–water partition coefficient (Wildman–Crippen LogP) is -1.13. The van der Waals surface area contributed by atoms with Gasteiger partial charge in [-0.3, -0.25) is 14.6 Å². The van der Waals surface area contributed by atoms with E-state index in [-0.39, 0.29) is 23.6 Å². The van der Waals surface area contributed by atoms with Crippen molar-refractivity contribution in [3.05, 3.63) is 18.1 Å².